The Morgan fingerprint density at radius 1 is 1.12 bits per heavy atom. The first-order valence-electron chi connectivity index (χ1n) is 6.01. The monoisotopic (exact) mass is 225 g/mol. The van der Waals surface area contributed by atoms with Crippen LogP contribution in [0.4, 0.5) is 5.82 Å². The molecule has 3 heterocycles. The topological polar surface area (TPSA) is 29.0 Å². The van der Waals surface area contributed by atoms with E-state index in [9.17, 15) is 0 Å². The molecule has 3 rings (SSSR count). The van der Waals surface area contributed by atoms with Gasteiger partial charge < -0.3 is 4.90 Å². The maximum absolute atomic E-state index is 4.47. The van der Waals surface area contributed by atoms with Gasteiger partial charge in [0.25, 0.3) is 0 Å². The Morgan fingerprint density at radius 2 is 2.00 bits per heavy atom. The number of fused-ring (bicyclic) bond motifs is 1. The van der Waals surface area contributed by atoms with Gasteiger partial charge in [-0.15, -0.1) is 0 Å². The Hall–Kier alpha value is -1.90. The van der Waals surface area contributed by atoms with E-state index in [4.69, 9.17) is 0 Å². The first-order chi connectivity index (χ1) is 8.43. The molecular formula is C14H15N3. The third-order valence-corrected chi connectivity index (χ3v) is 3.24. The number of pyridine rings is 2. The lowest BCUT2D eigenvalue weighted by Gasteiger charge is -2.17. The fourth-order valence-electron chi connectivity index (χ4n) is 2.30. The Balaban J connectivity index is 1.68. The Morgan fingerprint density at radius 3 is 2.88 bits per heavy atom. The molecule has 0 spiro atoms. The van der Waals surface area contributed by atoms with Crippen molar-refractivity contribution in [1.29, 1.82) is 0 Å². The van der Waals surface area contributed by atoms with Crippen molar-refractivity contribution in [3.05, 3.63) is 54.0 Å². The van der Waals surface area contributed by atoms with Crippen molar-refractivity contribution in [3.8, 4) is 0 Å². The quantitative estimate of drug-likeness (QED) is 0.801. The van der Waals surface area contributed by atoms with E-state index in [1.807, 2.05) is 24.7 Å². The first kappa shape index (κ1) is 10.3. The molecule has 0 aromatic carbocycles. The maximum atomic E-state index is 4.47. The fraction of sp³-hybridized carbons (Fsp3) is 0.286. The van der Waals surface area contributed by atoms with Crippen molar-refractivity contribution in [2.45, 2.75) is 12.8 Å². The van der Waals surface area contributed by atoms with Gasteiger partial charge in [-0.25, -0.2) is 4.98 Å². The maximum Gasteiger partial charge on any atom is 0.131 e. The third-order valence-electron chi connectivity index (χ3n) is 3.24. The van der Waals surface area contributed by atoms with Crippen LogP contribution in [0, 0.1) is 0 Å². The lowest BCUT2D eigenvalue weighted by Crippen LogP contribution is -2.23. The second kappa shape index (κ2) is 4.53. The van der Waals surface area contributed by atoms with Crippen LogP contribution >= 0.6 is 0 Å². The van der Waals surface area contributed by atoms with Crippen LogP contribution in [0.2, 0.25) is 0 Å². The standard InChI is InChI=1S/C14H15N3/c1-2-13-6-11-17(14(13)16-7-1)10-5-12-3-8-15-9-4-12/h1-4,7-9H,5-6,10-11H2. The predicted octanol–water partition coefficient (Wildman–Crippen LogP) is 2.08. The molecule has 1 aliphatic rings. The van der Waals surface area contributed by atoms with Crippen molar-refractivity contribution in [3.63, 3.8) is 0 Å². The largest absolute Gasteiger partial charge is 0.356 e. The molecule has 0 saturated carbocycles. The van der Waals surface area contributed by atoms with Crippen molar-refractivity contribution < 1.29 is 0 Å². The molecule has 3 nitrogen and oxygen atoms in total. The van der Waals surface area contributed by atoms with E-state index in [0.29, 0.717) is 0 Å². The Kier molecular flexibility index (Phi) is 2.74. The molecule has 17 heavy (non-hydrogen) atoms. The van der Waals surface area contributed by atoms with Gasteiger partial charge in [0.15, 0.2) is 0 Å². The van der Waals surface area contributed by atoms with Gasteiger partial charge >= 0.3 is 0 Å². The molecule has 2 aromatic heterocycles. The molecule has 0 aliphatic carbocycles. The smallest absolute Gasteiger partial charge is 0.131 e. The molecule has 86 valence electrons. The van der Waals surface area contributed by atoms with Crippen LogP contribution in [0.3, 0.4) is 0 Å². The van der Waals surface area contributed by atoms with E-state index in [1.165, 1.54) is 16.9 Å². The highest BCUT2D eigenvalue weighted by Gasteiger charge is 2.18. The Labute approximate surface area is 101 Å². The van der Waals surface area contributed by atoms with E-state index in [2.05, 4.69) is 33.1 Å². The van der Waals surface area contributed by atoms with Crippen LogP contribution < -0.4 is 4.90 Å². The average molecular weight is 225 g/mol. The van der Waals surface area contributed by atoms with Gasteiger partial charge in [0.05, 0.1) is 0 Å². The minimum atomic E-state index is 1.04. The molecule has 0 fully saturated rings. The van der Waals surface area contributed by atoms with Gasteiger partial charge in [-0.2, -0.15) is 0 Å². The lowest BCUT2D eigenvalue weighted by atomic mass is 10.2. The van der Waals surface area contributed by atoms with Crippen molar-refractivity contribution in [1.82, 2.24) is 9.97 Å². The van der Waals surface area contributed by atoms with Gasteiger partial charge in [-0.05, 0) is 42.2 Å². The van der Waals surface area contributed by atoms with Gasteiger partial charge in [0, 0.05) is 31.7 Å². The van der Waals surface area contributed by atoms with Crippen LogP contribution in [0.1, 0.15) is 11.1 Å². The van der Waals surface area contributed by atoms with Gasteiger partial charge in [0.1, 0.15) is 5.82 Å². The normalized spacial score (nSPS) is 13.8. The number of rotatable bonds is 3. The average Bonchev–Trinajstić information content (AvgIpc) is 2.81. The van der Waals surface area contributed by atoms with E-state index < -0.39 is 0 Å². The zero-order valence-corrected chi connectivity index (χ0v) is 9.71. The van der Waals surface area contributed by atoms with E-state index >= 15 is 0 Å². The summed E-state index contributed by atoms with van der Waals surface area (Å²) < 4.78 is 0. The summed E-state index contributed by atoms with van der Waals surface area (Å²) in [5, 5.41) is 0. The summed E-state index contributed by atoms with van der Waals surface area (Å²) in [6, 6.07) is 8.35. The summed E-state index contributed by atoms with van der Waals surface area (Å²) in [6.07, 6.45) is 7.76. The first-order valence-corrected chi connectivity index (χ1v) is 6.01. The zero-order chi connectivity index (χ0) is 11.5. The van der Waals surface area contributed by atoms with Crippen LogP contribution in [0.5, 0.6) is 0 Å². The minimum absolute atomic E-state index is 1.04. The molecule has 0 saturated heterocycles. The van der Waals surface area contributed by atoms with Gasteiger partial charge in [-0.1, -0.05) is 6.07 Å². The van der Waals surface area contributed by atoms with Gasteiger partial charge in [-0.3, -0.25) is 4.98 Å². The van der Waals surface area contributed by atoms with Crippen LogP contribution in [-0.2, 0) is 12.8 Å². The molecule has 1 aliphatic heterocycles. The van der Waals surface area contributed by atoms with Crippen molar-refractivity contribution >= 4 is 5.82 Å². The minimum Gasteiger partial charge on any atom is -0.356 e. The lowest BCUT2D eigenvalue weighted by molar-refractivity contribution is 0.804. The highest BCUT2D eigenvalue weighted by Crippen LogP contribution is 2.24. The highest BCUT2D eigenvalue weighted by atomic mass is 15.2. The molecule has 2 aromatic rings. The summed E-state index contributed by atoms with van der Waals surface area (Å²) in [6.45, 7) is 2.13. The van der Waals surface area contributed by atoms with Gasteiger partial charge in [0.2, 0.25) is 0 Å². The molecule has 3 heteroatoms. The third kappa shape index (κ3) is 2.13. The van der Waals surface area contributed by atoms with E-state index in [1.54, 1.807) is 0 Å². The van der Waals surface area contributed by atoms with Crippen molar-refractivity contribution in [2.75, 3.05) is 18.0 Å². The van der Waals surface area contributed by atoms with Crippen LogP contribution in [-0.4, -0.2) is 23.1 Å². The van der Waals surface area contributed by atoms with Crippen LogP contribution in [0.25, 0.3) is 0 Å². The zero-order valence-electron chi connectivity index (χ0n) is 9.71. The summed E-state index contributed by atoms with van der Waals surface area (Å²) in [7, 11) is 0. The van der Waals surface area contributed by atoms with Crippen molar-refractivity contribution in [2.24, 2.45) is 0 Å². The molecule has 0 amide bonds. The molecule has 0 bridgehead atoms. The highest BCUT2D eigenvalue weighted by molar-refractivity contribution is 5.51. The summed E-state index contributed by atoms with van der Waals surface area (Å²) in [5.74, 6) is 1.17. The number of hydrogen-bond donors (Lipinski definition) is 0. The number of anilines is 1. The second-order valence-corrected chi connectivity index (χ2v) is 4.33. The summed E-state index contributed by atoms with van der Waals surface area (Å²) in [5.41, 5.74) is 2.71. The second-order valence-electron chi connectivity index (χ2n) is 4.33. The fourth-order valence-corrected chi connectivity index (χ4v) is 2.30. The number of aromatic nitrogens is 2. The molecule has 0 atom stereocenters. The summed E-state index contributed by atoms with van der Waals surface area (Å²) in [4.78, 5) is 10.9. The molecule has 0 radical (unpaired) electrons. The van der Waals surface area contributed by atoms with E-state index in [-0.39, 0.29) is 0 Å². The Bertz CT molecular complexity index is 496. The molecular weight excluding hydrogens is 210 g/mol. The summed E-state index contributed by atoms with van der Waals surface area (Å²) >= 11 is 0. The molecule has 0 N–H and O–H groups in total. The van der Waals surface area contributed by atoms with E-state index in [0.717, 1.165) is 25.9 Å². The number of hydrogen-bond acceptors (Lipinski definition) is 3. The van der Waals surface area contributed by atoms with Crippen LogP contribution in [0.15, 0.2) is 42.9 Å². The number of nitrogens with zero attached hydrogens (tertiary/aromatic N) is 3. The molecule has 0 unspecified atom stereocenters. The predicted molar refractivity (Wildman–Crippen MR) is 68.1 cm³/mol. The SMILES string of the molecule is c1cnc2c(c1)CCN2CCc1ccncc1.